The molecule has 1 rings (SSSR count). The van der Waals surface area contributed by atoms with Gasteiger partial charge in [0.25, 0.3) is 0 Å². The summed E-state index contributed by atoms with van der Waals surface area (Å²) in [4.78, 5) is 0. The van der Waals surface area contributed by atoms with Crippen LogP contribution in [0, 0.1) is 0 Å². The Hall–Kier alpha value is 0.274. The first kappa shape index (κ1) is 15.3. The van der Waals surface area contributed by atoms with E-state index in [9.17, 15) is 0 Å². The average Bonchev–Trinajstić information content (AvgIpc) is 2.62. The van der Waals surface area contributed by atoms with Crippen LogP contribution in [0.3, 0.4) is 0 Å². The molecule has 0 unspecified atom stereocenters. The van der Waals surface area contributed by atoms with Crippen LogP contribution in [0.2, 0.25) is 6.04 Å². The summed E-state index contributed by atoms with van der Waals surface area (Å²) in [6, 6.07) is 1.12. The van der Waals surface area contributed by atoms with Crippen LogP contribution in [0.5, 0.6) is 0 Å². The molecule has 1 aliphatic rings. The summed E-state index contributed by atoms with van der Waals surface area (Å²) in [5.74, 6) is 0. The Morgan fingerprint density at radius 1 is 1.24 bits per heavy atom. The average molecular weight is 278 g/mol. The summed E-state index contributed by atoms with van der Waals surface area (Å²) in [5.41, 5.74) is 0. The predicted molar refractivity (Wildman–Crippen MR) is 74.8 cm³/mol. The molecule has 1 aliphatic heterocycles. The maximum Gasteiger partial charge on any atom is 0.427 e. The van der Waals surface area contributed by atoms with Crippen molar-refractivity contribution < 1.29 is 13.3 Å². The van der Waals surface area contributed by atoms with Crippen molar-refractivity contribution >= 4 is 18.5 Å². The molecule has 0 N–H and O–H groups in total. The minimum Gasteiger partial charge on any atom is -0.420 e. The van der Waals surface area contributed by atoms with Gasteiger partial charge in [-0.2, -0.15) is 0 Å². The van der Waals surface area contributed by atoms with E-state index in [1.54, 1.807) is 0 Å². The van der Waals surface area contributed by atoms with Gasteiger partial charge >= 0.3 is 8.72 Å². The number of rotatable bonds is 8. The molecule has 0 bridgehead atoms. The van der Waals surface area contributed by atoms with Crippen molar-refractivity contribution in [2.45, 2.75) is 46.3 Å². The second-order valence-corrected chi connectivity index (χ2v) is 8.91. The Bertz CT molecular complexity index is 211. The van der Waals surface area contributed by atoms with E-state index < -0.39 is 18.5 Å². The third kappa shape index (κ3) is 4.46. The van der Waals surface area contributed by atoms with Crippen LogP contribution in [0.1, 0.15) is 34.1 Å². The fourth-order valence-corrected chi connectivity index (χ4v) is 8.04. The summed E-state index contributed by atoms with van der Waals surface area (Å²) in [7, 11) is -2.51. The first-order valence-corrected chi connectivity index (χ1v) is 10.3. The largest absolute Gasteiger partial charge is 0.427 e. The van der Waals surface area contributed by atoms with Gasteiger partial charge in [0.1, 0.15) is 0 Å². The van der Waals surface area contributed by atoms with Crippen LogP contribution < -0.4 is 0 Å². The Balaban J connectivity index is 2.49. The van der Waals surface area contributed by atoms with Gasteiger partial charge in [-0.3, -0.25) is 4.57 Å². The van der Waals surface area contributed by atoms with Gasteiger partial charge in [-0.05, 0) is 40.7 Å². The molecule has 4 nitrogen and oxygen atoms in total. The first-order valence-electron chi connectivity index (χ1n) is 6.79. The number of hydrogen-bond acceptors (Lipinski definition) is 4. The predicted octanol–water partition coefficient (Wildman–Crippen LogP) is 1.17. The highest BCUT2D eigenvalue weighted by Crippen LogP contribution is 2.27. The zero-order valence-electron chi connectivity index (χ0n) is 11.7. The van der Waals surface area contributed by atoms with Gasteiger partial charge in [-0.15, -0.1) is 0 Å². The third-order valence-electron chi connectivity index (χ3n) is 2.95. The molecule has 6 heteroatoms. The van der Waals surface area contributed by atoms with Crippen molar-refractivity contribution in [3.8, 4) is 0 Å². The van der Waals surface area contributed by atoms with Gasteiger partial charge in [-0.25, -0.2) is 0 Å². The van der Waals surface area contributed by atoms with E-state index in [-0.39, 0.29) is 0 Å². The van der Waals surface area contributed by atoms with Gasteiger partial charge in [0, 0.05) is 31.5 Å². The van der Waals surface area contributed by atoms with Gasteiger partial charge < -0.3 is 13.3 Å². The Labute approximate surface area is 109 Å². The molecule has 0 spiro atoms. The second kappa shape index (κ2) is 7.65. The topological polar surface area (TPSA) is 30.9 Å². The molecule has 17 heavy (non-hydrogen) atoms. The molecule has 0 radical (unpaired) electrons. The molecule has 1 saturated heterocycles. The van der Waals surface area contributed by atoms with Crippen LogP contribution in [0.15, 0.2) is 0 Å². The van der Waals surface area contributed by atoms with Crippen molar-refractivity contribution in [3.05, 3.63) is 0 Å². The zero-order chi connectivity index (χ0) is 12.7. The third-order valence-corrected chi connectivity index (χ3v) is 8.90. The second-order valence-electron chi connectivity index (χ2n) is 4.59. The molecule has 0 aromatic rings. The van der Waals surface area contributed by atoms with Crippen LogP contribution >= 0.6 is 0 Å². The molecular weight excluding hydrogens is 250 g/mol. The van der Waals surface area contributed by atoms with Crippen molar-refractivity contribution in [1.82, 2.24) is 4.57 Å². The fourth-order valence-electron chi connectivity index (χ4n) is 2.32. The van der Waals surface area contributed by atoms with Crippen molar-refractivity contribution in [2.24, 2.45) is 0 Å². The first-order chi connectivity index (χ1) is 8.14. The van der Waals surface area contributed by atoms with Crippen molar-refractivity contribution in [2.75, 3.05) is 25.9 Å². The van der Waals surface area contributed by atoms with Crippen molar-refractivity contribution in [3.63, 3.8) is 0 Å². The molecule has 102 valence electrons. The minimum atomic E-state index is -2.05. The minimum absolute atomic E-state index is 0.361. The van der Waals surface area contributed by atoms with Crippen LogP contribution in [-0.4, -0.2) is 55.1 Å². The smallest absolute Gasteiger partial charge is 0.420 e. The molecule has 0 atom stereocenters. The maximum absolute atomic E-state index is 6.01. The van der Waals surface area contributed by atoms with Gasteiger partial charge in [0.05, 0.1) is 0 Å². The van der Waals surface area contributed by atoms with E-state index in [0.717, 1.165) is 32.0 Å². The summed E-state index contributed by atoms with van der Waals surface area (Å²) in [5, 5.41) is 0. The summed E-state index contributed by atoms with van der Waals surface area (Å²) < 4.78 is 20.2. The lowest BCUT2D eigenvalue weighted by atomic mass is 10.5. The molecule has 1 heterocycles. The molecule has 0 amide bonds. The van der Waals surface area contributed by atoms with E-state index in [0.29, 0.717) is 6.10 Å². The summed E-state index contributed by atoms with van der Waals surface area (Å²) in [6.07, 6.45) is 2.65. The lowest BCUT2D eigenvalue weighted by Crippen LogP contribution is -2.56. The normalized spacial score (nSPS) is 21.0. The Kier molecular flexibility index (Phi) is 6.90. The van der Waals surface area contributed by atoms with Crippen molar-refractivity contribution in [1.29, 1.82) is 0 Å². The maximum atomic E-state index is 6.01. The monoisotopic (exact) mass is 277 g/mol. The van der Waals surface area contributed by atoms with Crippen LogP contribution in [-0.2, 0) is 13.3 Å². The standard InChI is InChI=1S/C11H27NO3Si2/c1-5-13-17(14-6-2)9-7-8-12(17)10-16-15-11(3)4/h11H,5-10,16H2,1-4H3. The lowest BCUT2D eigenvalue weighted by molar-refractivity contribution is 0.140. The van der Waals surface area contributed by atoms with E-state index in [1.807, 2.05) is 0 Å². The highest BCUT2D eigenvalue weighted by molar-refractivity contribution is 6.65. The highest BCUT2D eigenvalue weighted by Gasteiger charge is 2.48. The van der Waals surface area contributed by atoms with Crippen LogP contribution in [0.25, 0.3) is 0 Å². The fraction of sp³-hybridized carbons (Fsp3) is 1.00. The lowest BCUT2D eigenvalue weighted by Gasteiger charge is -2.33. The molecule has 0 saturated carbocycles. The molecule has 0 aliphatic carbocycles. The SMILES string of the molecule is CCO[Si]1(OCC)CCCN1C[SiH2]OC(C)C. The quantitative estimate of drug-likeness (QED) is 0.623. The summed E-state index contributed by atoms with van der Waals surface area (Å²) >= 11 is 0. The molecule has 1 fully saturated rings. The van der Waals surface area contributed by atoms with Gasteiger partial charge in [0.15, 0.2) is 9.76 Å². The number of hydrogen-bond donors (Lipinski definition) is 0. The number of nitrogens with zero attached hydrogens (tertiary/aromatic N) is 1. The molecule has 0 aromatic carbocycles. The van der Waals surface area contributed by atoms with E-state index >= 15 is 0 Å². The molecule has 0 aromatic heterocycles. The highest BCUT2D eigenvalue weighted by atomic mass is 28.4. The van der Waals surface area contributed by atoms with Crippen LogP contribution in [0.4, 0.5) is 0 Å². The van der Waals surface area contributed by atoms with E-state index in [1.165, 1.54) is 6.42 Å². The summed E-state index contributed by atoms with van der Waals surface area (Å²) in [6.45, 7) is 11.0. The van der Waals surface area contributed by atoms with E-state index in [2.05, 4.69) is 32.3 Å². The van der Waals surface area contributed by atoms with E-state index in [4.69, 9.17) is 13.3 Å². The Morgan fingerprint density at radius 3 is 2.41 bits per heavy atom. The van der Waals surface area contributed by atoms with Gasteiger partial charge in [-0.1, -0.05) is 0 Å². The van der Waals surface area contributed by atoms with Gasteiger partial charge in [0.2, 0.25) is 0 Å². The molecular formula is C11H27NO3Si2. The zero-order valence-corrected chi connectivity index (χ0v) is 14.1. The Morgan fingerprint density at radius 2 is 1.88 bits per heavy atom.